The zero-order valence-corrected chi connectivity index (χ0v) is 14.4. The molecule has 0 spiro atoms. The summed E-state index contributed by atoms with van der Waals surface area (Å²) in [6.45, 7) is 2.76. The van der Waals surface area contributed by atoms with Gasteiger partial charge >= 0.3 is 6.03 Å². The van der Waals surface area contributed by atoms with E-state index in [4.69, 9.17) is 4.74 Å². The summed E-state index contributed by atoms with van der Waals surface area (Å²) in [6, 6.07) is 14.3. The first kappa shape index (κ1) is 17.2. The standard InChI is InChI=1S/C19H23N3O3/c1-25-14-18(23)21-8-10-22(11-9-21)19(24)20-13-15-6-7-16-4-2-3-5-17(16)12-15/h2-7,12H,8-11,13-14H2,1H3,(H,20,24). The quantitative estimate of drug-likeness (QED) is 0.923. The molecular weight excluding hydrogens is 318 g/mol. The van der Waals surface area contributed by atoms with Gasteiger partial charge in [0.05, 0.1) is 0 Å². The molecule has 1 saturated heterocycles. The summed E-state index contributed by atoms with van der Waals surface area (Å²) in [5, 5.41) is 5.32. The Balaban J connectivity index is 1.50. The number of carbonyl (C=O) groups is 2. The molecule has 2 aromatic rings. The van der Waals surface area contributed by atoms with Crippen LogP contribution in [0.2, 0.25) is 0 Å². The average Bonchev–Trinajstić information content (AvgIpc) is 2.66. The second-order valence-electron chi connectivity index (χ2n) is 6.14. The van der Waals surface area contributed by atoms with Gasteiger partial charge in [-0.15, -0.1) is 0 Å². The topological polar surface area (TPSA) is 61.9 Å². The maximum Gasteiger partial charge on any atom is 0.317 e. The van der Waals surface area contributed by atoms with Crippen LogP contribution < -0.4 is 5.32 Å². The Bertz CT molecular complexity index is 754. The van der Waals surface area contributed by atoms with Crippen molar-refractivity contribution in [3.8, 4) is 0 Å². The van der Waals surface area contributed by atoms with Crippen LogP contribution in [0.4, 0.5) is 4.79 Å². The molecule has 1 heterocycles. The number of nitrogens with one attached hydrogen (secondary N) is 1. The molecule has 0 bridgehead atoms. The molecule has 0 aromatic heterocycles. The third kappa shape index (κ3) is 4.28. The highest BCUT2D eigenvalue weighted by atomic mass is 16.5. The molecule has 6 nitrogen and oxygen atoms in total. The Hall–Kier alpha value is -2.60. The van der Waals surface area contributed by atoms with Gasteiger partial charge in [0, 0.05) is 39.8 Å². The molecule has 0 atom stereocenters. The lowest BCUT2D eigenvalue weighted by Crippen LogP contribution is -2.53. The number of rotatable bonds is 4. The zero-order valence-electron chi connectivity index (χ0n) is 14.4. The molecule has 3 amide bonds. The second-order valence-corrected chi connectivity index (χ2v) is 6.14. The predicted molar refractivity (Wildman–Crippen MR) is 96.2 cm³/mol. The number of benzene rings is 2. The lowest BCUT2D eigenvalue weighted by Gasteiger charge is -2.34. The van der Waals surface area contributed by atoms with Gasteiger partial charge in [0.2, 0.25) is 5.91 Å². The number of carbonyl (C=O) groups excluding carboxylic acids is 2. The Labute approximate surface area is 147 Å². The molecule has 0 aliphatic carbocycles. The first-order valence-corrected chi connectivity index (χ1v) is 8.44. The first-order chi connectivity index (χ1) is 12.2. The summed E-state index contributed by atoms with van der Waals surface area (Å²) in [6.07, 6.45) is 0. The third-order valence-electron chi connectivity index (χ3n) is 4.45. The number of hydrogen-bond donors (Lipinski definition) is 1. The molecule has 0 unspecified atom stereocenters. The van der Waals surface area contributed by atoms with E-state index < -0.39 is 0 Å². The first-order valence-electron chi connectivity index (χ1n) is 8.44. The van der Waals surface area contributed by atoms with E-state index in [1.54, 1.807) is 9.80 Å². The number of urea groups is 1. The minimum absolute atomic E-state index is 0.0290. The molecule has 1 N–H and O–H groups in total. The molecule has 1 fully saturated rings. The molecule has 3 rings (SSSR count). The fourth-order valence-corrected chi connectivity index (χ4v) is 3.01. The van der Waals surface area contributed by atoms with Crippen molar-refractivity contribution in [3.05, 3.63) is 48.0 Å². The van der Waals surface area contributed by atoms with Crippen molar-refractivity contribution in [2.75, 3.05) is 39.9 Å². The number of fused-ring (bicyclic) bond motifs is 1. The number of hydrogen-bond acceptors (Lipinski definition) is 3. The van der Waals surface area contributed by atoms with E-state index in [0.29, 0.717) is 32.7 Å². The van der Waals surface area contributed by atoms with Crippen LogP contribution in [0.3, 0.4) is 0 Å². The van der Waals surface area contributed by atoms with Crippen LogP contribution in [0.25, 0.3) is 10.8 Å². The number of nitrogens with zero attached hydrogens (tertiary/aromatic N) is 2. The molecular formula is C19H23N3O3. The normalized spacial score (nSPS) is 14.6. The van der Waals surface area contributed by atoms with Gasteiger partial charge < -0.3 is 19.9 Å². The Kier molecular flexibility index (Phi) is 5.50. The molecule has 25 heavy (non-hydrogen) atoms. The SMILES string of the molecule is COCC(=O)N1CCN(C(=O)NCc2ccc3ccccc3c2)CC1. The van der Waals surface area contributed by atoms with E-state index in [-0.39, 0.29) is 18.5 Å². The maximum absolute atomic E-state index is 12.3. The van der Waals surface area contributed by atoms with Crippen LogP contribution >= 0.6 is 0 Å². The van der Waals surface area contributed by atoms with Crippen LogP contribution in [0.5, 0.6) is 0 Å². The van der Waals surface area contributed by atoms with E-state index in [2.05, 4.69) is 29.6 Å². The number of piperazine rings is 1. The fraction of sp³-hybridized carbons (Fsp3) is 0.368. The van der Waals surface area contributed by atoms with Crippen LogP contribution in [-0.2, 0) is 16.1 Å². The third-order valence-corrected chi connectivity index (χ3v) is 4.45. The highest BCUT2D eigenvalue weighted by Gasteiger charge is 2.23. The maximum atomic E-state index is 12.3. The van der Waals surface area contributed by atoms with Crippen LogP contribution in [0.1, 0.15) is 5.56 Å². The van der Waals surface area contributed by atoms with Crippen molar-refractivity contribution < 1.29 is 14.3 Å². The Morgan fingerprint density at radius 1 is 1.00 bits per heavy atom. The Morgan fingerprint density at radius 3 is 2.40 bits per heavy atom. The van der Waals surface area contributed by atoms with Crippen molar-refractivity contribution in [1.82, 2.24) is 15.1 Å². The van der Waals surface area contributed by atoms with Gasteiger partial charge in [0.25, 0.3) is 0 Å². The van der Waals surface area contributed by atoms with Crippen LogP contribution in [0.15, 0.2) is 42.5 Å². The van der Waals surface area contributed by atoms with Crippen LogP contribution in [0, 0.1) is 0 Å². The van der Waals surface area contributed by atoms with Crippen molar-refractivity contribution in [2.24, 2.45) is 0 Å². The highest BCUT2D eigenvalue weighted by molar-refractivity contribution is 5.83. The summed E-state index contributed by atoms with van der Waals surface area (Å²) in [5.74, 6) is -0.0290. The fourth-order valence-electron chi connectivity index (χ4n) is 3.01. The highest BCUT2D eigenvalue weighted by Crippen LogP contribution is 2.15. The lowest BCUT2D eigenvalue weighted by atomic mass is 10.1. The van der Waals surface area contributed by atoms with E-state index in [1.165, 1.54) is 17.9 Å². The molecule has 1 aliphatic heterocycles. The van der Waals surface area contributed by atoms with E-state index >= 15 is 0 Å². The van der Waals surface area contributed by atoms with Gasteiger partial charge in [-0.05, 0) is 22.4 Å². The van der Waals surface area contributed by atoms with Crippen molar-refractivity contribution in [1.29, 1.82) is 0 Å². The van der Waals surface area contributed by atoms with Crippen molar-refractivity contribution in [3.63, 3.8) is 0 Å². The van der Waals surface area contributed by atoms with Gasteiger partial charge in [-0.25, -0.2) is 4.79 Å². The van der Waals surface area contributed by atoms with Crippen LogP contribution in [-0.4, -0.2) is 61.6 Å². The van der Waals surface area contributed by atoms with Gasteiger partial charge in [-0.1, -0.05) is 36.4 Å². The van der Waals surface area contributed by atoms with Gasteiger partial charge in [-0.2, -0.15) is 0 Å². The zero-order chi connectivity index (χ0) is 17.6. The summed E-state index contributed by atoms with van der Waals surface area (Å²) < 4.78 is 4.87. The largest absolute Gasteiger partial charge is 0.375 e. The van der Waals surface area contributed by atoms with E-state index in [0.717, 1.165) is 5.56 Å². The molecule has 2 aromatic carbocycles. The summed E-state index contributed by atoms with van der Waals surface area (Å²) in [4.78, 5) is 27.6. The van der Waals surface area contributed by atoms with Crippen molar-refractivity contribution >= 4 is 22.7 Å². The summed E-state index contributed by atoms with van der Waals surface area (Å²) in [7, 11) is 1.51. The second kappa shape index (κ2) is 7.98. The molecule has 132 valence electrons. The van der Waals surface area contributed by atoms with Gasteiger partial charge in [-0.3, -0.25) is 4.79 Å². The number of amides is 3. The molecule has 6 heteroatoms. The lowest BCUT2D eigenvalue weighted by molar-refractivity contribution is -0.136. The molecule has 0 saturated carbocycles. The van der Waals surface area contributed by atoms with E-state index in [1.807, 2.05) is 18.2 Å². The summed E-state index contributed by atoms with van der Waals surface area (Å²) in [5.41, 5.74) is 1.07. The molecule has 0 radical (unpaired) electrons. The van der Waals surface area contributed by atoms with Gasteiger partial charge in [0.15, 0.2) is 0 Å². The monoisotopic (exact) mass is 341 g/mol. The summed E-state index contributed by atoms with van der Waals surface area (Å²) >= 11 is 0. The van der Waals surface area contributed by atoms with Gasteiger partial charge in [0.1, 0.15) is 6.61 Å². The number of ether oxygens (including phenoxy) is 1. The minimum Gasteiger partial charge on any atom is -0.375 e. The van der Waals surface area contributed by atoms with E-state index in [9.17, 15) is 9.59 Å². The van der Waals surface area contributed by atoms with Crippen molar-refractivity contribution in [2.45, 2.75) is 6.54 Å². The smallest absolute Gasteiger partial charge is 0.317 e. The molecule has 1 aliphatic rings. The average molecular weight is 341 g/mol. The number of methoxy groups -OCH3 is 1. The Morgan fingerprint density at radius 2 is 1.68 bits per heavy atom. The minimum atomic E-state index is -0.0907. The predicted octanol–water partition coefficient (Wildman–Crippen LogP) is 1.84.